The minimum absolute atomic E-state index is 0.00961. The topological polar surface area (TPSA) is 53.7 Å². The van der Waals surface area contributed by atoms with Crippen molar-refractivity contribution in [3.8, 4) is 17.2 Å². The van der Waals surface area contributed by atoms with Crippen LogP contribution in [0, 0.1) is 5.92 Å². The van der Waals surface area contributed by atoms with E-state index in [-0.39, 0.29) is 6.04 Å². The number of methoxy groups -OCH3 is 2. The first-order valence-corrected chi connectivity index (χ1v) is 5.69. The molecule has 0 saturated carbocycles. The second-order valence-electron chi connectivity index (χ2n) is 4.21. The quantitative estimate of drug-likeness (QED) is 0.825. The van der Waals surface area contributed by atoms with Gasteiger partial charge >= 0.3 is 0 Å². The maximum atomic E-state index is 5.94. The second kappa shape index (κ2) is 6.35. The molecule has 1 rings (SSSR count). The third kappa shape index (κ3) is 3.53. The van der Waals surface area contributed by atoms with Crippen molar-refractivity contribution in [3.05, 3.63) is 18.2 Å². The standard InChI is InChI=1S/C13H21NO3/c1-9(2)10(14)8-17-13-11(15-3)6-5-7-12(13)16-4/h5-7,9-10H,8,14H2,1-4H3/t10-/m1/s1. The highest BCUT2D eigenvalue weighted by molar-refractivity contribution is 5.51. The number of ether oxygens (including phenoxy) is 3. The fourth-order valence-electron chi connectivity index (χ4n) is 1.33. The fraction of sp³-hybridized carbons (Fsp3) is 0.538. The lowest BCUT2D eigenvalue weighted by molar-refractivity contribution is 0.236. The Balaban J connectivity index is 2.81. The third-order valence-corrected chi connectivity index (χ3v) is 2.66. The molecule has 0 heterocycles. The zero-order chi connectivity index (χ0) is 12.8. The number of nitrogens with two attached hydrogens (primary N) is 1. The summed E-state index contributed by atoms with van der Waals surface area (Å²) in [5.41, 5.74) is 5.94. The lowest BCUT2D eigenvalue weighted by Gasteiger charge is -2.19. The van der Waals surface area contributed by atoms with E-state index in [4.69, 9.17) is 19.9 Å². The minimum Gasteiger partial charge on any atom is -0.493 e. The van der Waals surface area contributed by atoms with Gasteiger partial charge in [0.25, 0.3) is 0 Å². The average Bonchev–Trinajstić information content (AvgIpc) is 2.34. The summed E-state index contributed by atoms with van der Waals surface area (Å²) in [5, 5.41) is 0. The van der Waals surface area contributed by atoms with Crippen molar-refractivity contribution in [1.82, 2.24) is 0 Å². The van der Waals surface area contributed by atoms with Gasteiger partial charge in [0.1, 0.15) is 6.61 Å². The Morgan fingerprint density at radius 1 is 1.12 bits per heavy atom. The maximum Gasteiger partial charge on any atom is 0.203 e. The molecule has 0 amide bonds. The summed E-state index contributed by atoms with van der Waals surface area (Å²) in [6, 6.07) is 5.51. The van der Waals surface area contributed by atoms with E-state index in [0.29, 0.717) is 29.8 Å². The highest BCUT2D eigenvalue weighted by Crippen LogP contribution is 2.36. The number of rotatable bonds is 6. The normalized spacial score (nSPS) is 12.4. The molecule has 1 aromatic carbocycles. The number of hydrogen-bond acceptors (Lipinski definition) is 4. The van der Waals surface area contributed by atoms with E-state index < -0.39 is 0 Å². The number of benzene rings is 1. The van der Waals surface area contributed by atoms with Crippen LogP contribution >= 0.6 is 0 Å². The van der Waals surface area contributed by atoms with Gasteiger partial charge in [0.05, 0.1) is 14.2 Å². The van der Waals surface area contributed by atoms with Crippen LogP contribution in [0.4, 0.5) is 0 Å². The van der Waals surface area contributed by atoms with Gasteiger partial charge in [-0.15, -0.1) is 0 Å². The van der Waals surface area contributed by atoms with E-state index in [9.17, 15) is 0 Å². The summed E-state index contributed by atoms with van der Waals surface area (Å²) in [7, 11) is 3.20. The Morgan fingerprint density at radius 3 is 2.06 bits per heavy atom. The number of para-hydroxylation sites is 1. The Kier molecular flexibility index (Phi) is 5.10. The molecular formula is C13H21NO3. The molecule has 96 valence electrons. The van der Waals surface area contributed by atoms with Crippen molar-refractivity contribution in [1.29, 1.82) is 0 Å². The van der Waals surface area contributed by atoms with Gasteiger partial charge in [-0.3, -0.25) is 0 Å². The zero-order valence-electron chi connectivity index (χ0n) is 10.9. The van der Waals surface area contributed by atoms with Crippen LogP contribution in [0.5, 0.6) is 17.2 Å². The molecule has 0 bridgehead atoms. The Hall–Kier alpha value is -1.42. The Morgan fingerprint density at radius 2 is 1.65 bits per heavy atom. The summed E-state index contributed by atoms with van der Waals surface area (Å²) >= 11 is 0. The molecule has 0 aliphatic heterocycles. The largest absolute Gasteiger partial charge is 0.493 e. The predicted molar refractivity (Wildman–Crippen MR) is 67.9 cm³/mol. The van der Waals surface area contributed by atoms with Gasteiger partial charge in [0.2, 0.25) is 5.75 Å². The maximum absolute atomic E-state index is 5.94. The monoisotopic (exact) mass is 239 g/mol. The van der Waals surface area contributed by atoms with E-state index in [1.165, 1.54) is 0 Å². The molecule has 0 radical (unpaired) electrons. The van der Waals surface area contributed by atoms with Gasteiger partial charge in [0, 0.05) is 6.04 Å². The van der Waals surface area contributed by atoms with Crippen LogP contribution in [0.15, 0.2) is 18.2 Å². The SMILES string of the molecule is COc1cccc(OC)c1OC[C@@H](N)C(C)C. The molecule has 0 spiro atoms. The van der Waals surface area contributed by atoms with Gasteiger partial charge in [-0.2, -0.15) is 0 Å². The van der Waals surface area contributed by atoms with Crippen LogP contribution in [-0.4, -0.2) is 26.9 Å². The summed E-state index contributed by atoms with van der Waals surface area (Å²) in [5.74, 6) is 2.28. The average molecular weight is 239 g/mol. The zero-order valence-corrected chi connectivity index (χ0v) is 10.9. The van der Waals surface area contributed by atoms with E-state index in [1.54, 1.807) is 14.2 Å². The van der Waals surface area contributed by atoms with Crippen LogP contribution in [0.2, 0.25) is 0 Å². The summed E-state index contributed by atoms with van der Waals surface area (Å²) in [6.45, 7) is 4.56. The van der Waals surface area contributed by atoms with Crippen molar-refractivity contribution >= 4 is 0 Å². The molecular weight excluding hydrogens is 218 g/mol. The first-order valence-electron chi connectivity index (χ1n) is 5.69. The Bertz CT molecular complexity index is 330. The van der Waals surface area contributed by atoms with Crippen molar-refractivity contribution in [3.63, 3.8) is 0 Å². The van der Waals surface area contributed by atoms with Gasteiger partial charge in [-0.05, 0) is 18.1 Å². The lowest BCUT2D eigenvalue weighted by Crippen LogP contribution is -2.33. The summed E-state index contributed by atoms with van der Waals surface area (Å²) < 4.78 is 16.2. The molecule has 0 aromatic heterocycles. The van der Waals surface area contributed by atoms with Crippen LogP contribution in [0.1, 0.15) is 13.8 Å². The van der Waals surface area contributed by atoms with Crippen molar-refractivity contribution in [2.45, 2.75) is 19.9 Å². The third-order valence-electron chi connectivity index (χ3n) is 2.66. The van der Waals surface area contributed by atoms with Gasteiger partial charge in [-0.25, -0.2) is 0 Å². The molecule has 0 fully saturated rings. The molecule has 0 saturated heterocycles. The lowest BCUT2D eigenvalue weighted by atomic mass is 10.1. The highest BCUT2D eigenvalue weighted by atomic mass is 16.5. The van der Waals surface area contributed by atoms with E-state index >= 15 is 0 Å². The molecule has 0 aliphatic rings. The van der Waals surface area contributed by atoms with Gasteiger partial charge in [-0.1, -0.05) is 19.9 Å². The molecule has 4 nitrogen and oxygen atoms in total. The molecule has 2 N–H and O–H groups in total. The molecule has 1 aromatic rings. The molecule has 17 heavy (non-hydrogen) atoms. The predicted octanol–water partition coefficient (Wildman–Crippen LogP) is 2.07. The number of hydrogen-bond donors (Lipinski definition) is 1. The van der Waals surface area contributed by atoms with E-state index in [2.05, 4.69) is 13.8 Å². The smallest absolute Gasteiger partial charge is 0.203 e. The minimum atomic E-state index is -0.00961. The molecule has 4 heteroatoms. The summed E-state index contributed by atoms with van der Waals surface area (Å²) in [4.78, 5) is 0. The first kappa shape index (κ1) is 13.6. The Labute approximate surface area is 103 Å². The second-order valence-corrected chi connectivity index (χ2v) is 4.21. The highest BCUT2D eigenvalue weighted by Gasteiger charge is 2.14. The van der Waals surface area contributed by atoms with Crippen molar-refractivity contribution in [2.24, 2.45) is 11.7 Å². The van der Waals surface area contributed by atoms with Crippen molar-refractivity contribution in [2.75, 3.05) is 20.8 Å². The van der Waals surface area contributed by atoms with Crippen LogP contribution in [0.3, 0.4) is 0 Å². The molecule has 1 atom stereocenters. The summed E-state index contributed by atoms with van der Waals surface area (Å²) in [6.07, 6.45) is 0. The first-order chi connectivity index (χ1) is 8.10. The van der Waals surface area contributed by atoms with Gasteiger partial charge in [0.15, 0.2) is 11.5 Å². The van der Waals surface area contributed by atoms with Gasteiger partial charge < -0.3 is 19.9 Å². The molecule has 0 aliphatic carbocycles. The van der Waals surface area contributed by atoms with E-state index in [1.807, 2.05) is 18.2 Å². The fourth-order valence-corrected chi connectivity index (χ4v) is 1.33. The van der Waals surface area contributed by atoms with Crippen LogP contribution in [-0.2, 0) is 0 Å². The van der Waals surface area contributed by atoms with Crippen molar-refractivity contribution < 1.29 is 14.2 Å². The van der Waals surface area contributed by atoms with Crippen LogP contribution in [0.25, 0.3) is 0 Å². The van der Waals surface area contributed by atoms with E-state index in [0.717, 1.165) is 0 Å². The van der Waals surface area contributed by atoms with Crippen LogP contribution < -0.4 is 19.9 Å². The molecule has 0 unspecified atom stereocenters.